The number of para-hydroxylation sites is 2. The van der Waals surface area contributed by atoms with Gasteiger partial charge in [-0.1, -0.05) is 24.3 Å². The van der Waals surface area contributed by atoms with Gasteiger partial charge >= 0.3 is 5.69 Å². The van der Waals surface area contributed by atoms with E-state index in [0.717, 1.165) is 0 Å². The standard InChI is InChI=1S/C19H13N5O2/c1-26-16-8-3-2-7-15(16)24-18-14(22-19(24)25)11-21-17(23-18)13-6-4-5-12(9-13)10-20/h2-9,11H,1H3,(H,22,25). The predicted molar refractivity (Wildman–Crippen MR) is 96.2 cm³/mol. The van der Waals surface area contributed by atoms with Crippen LogP contribution in [0.4, 0.5) is 0 Å². The number of H-pyrrole nitrogens is 1. The summed E-state index contributed by atoms with van der Waals surface area (Å²) in [6, 6.07) is 16.3. The molecular weight excluding hydrogens is 330 g/mol. The van der Waals surface area contributed by atoms with Crippen molar-refractivity contribution in [3.8, 4) is 28.9 Å². The first-order chi connectivity index (χ1) is 12.7. The fourth-order valence-corrected chi connectivity index (χ4v) is 2.80. The van der Waals surface area contributed by atoms with Gasteiger partial charge < -0.3 is 9.72 Å². The normalized spacial score (nSPS) is 10.6. The second-order valence-electron chi connectivity index (χ2n) is 5.56. The van der Waals surface area contributed by atoms with Crippen LogP contribution in [0, 0.1) is 11.3 Å². The Morgan fingerprint density at radius 1 is 1.19 bits per heavy atom. The van der Waals surface area contributed by atoms with Gasteiger partial charge in [0.1, 0.15) is 11.3 Å². The Balaban J connectivity index is 1.96. The summed E-state index contributed by atoms with van der Waals surface area (Å²) >= 11 is 0. The fraction of sp³-hybridized carbons (Fsp3) is 0.0526. The van der Waals surface area contributed by atoms with Crippen molar-refractivity contribution in [3.63, 3.8) is 0 Å². The number of aromatic nitrogens is 4. The van der Waals surface area contributed by atoms with Crippen LogP contribution in [0.15, 0.2) is 59.5 Å². The highest BCUT2D eigenvalue weighted by molar-refractivity contribution is 5.75. The van der Waals surface area contributed by atoms with Crippen LogP contribution in [0.25, 0.3) is 28.2 Å². The molecule has 0 spiro atoms. The highest BCUT2D eigenvalue weighted by atomic mass is 16.5. The highest BCUT2D eigenvalue weighted by Crippen LogP contribution is 2.24. The molecule has 0 amide bonds. The SMILES string of the molecule is COc1ccccc1-n1c(=O)[nH]c2cnc(-c3cccc(C#N)c3)nc21. The fourth-order valence-electron chi connectivity index (χ4n) is 2.80. The first kappa shape index (κ1) is 15.6. The largest absolute Gasteiger partial charge is 0.495 e. The van der Waals surface area contributed by atoms with E-state index in [1.165, 1.54) is 4.57 Å². The maximum absolute atomic E-state index is 12.5. The Morgan fingerprint density at radius 3 is 2.85 bits per heavy atom. The summed E-state index contributed by atoms with van der Waals surface area (Å²) in [5.41, 5.74) is 2.42. The van der Waals surface area contributed by atoms with Gasteiger partial charge in [0.2, 0.25) is 0 Å². The minimum absolute atomic E-state index is 0.332. The van der Waals surface area contributed by atoms with Gasteiger partial charge in [0.15, 0.2) is 11.5 Å². The zero-order valence-corrected chi connectivity index (χ0v) is 13.8. The first-order valence-electron chi connectivity index (χ1n) is 7.83. The number of rotatable bonds is 3. The van der Waals surface area contributed by atoms with Crippen molar-refractivity contribution in [2.75, 3.05) is 7.11 Å². The van der Waals surface area contributed by atoms with Crippen molar-refractivity contribution in [2.24, 2.45) is 0 Å². The molecule has 0 aliphatic carbocycles. The summed E-state index contributed by atoms with van der Waals surface area (Å²) in [5.74, 6) is 0.986. The number of aromatic amines is 1. The molecule has 0 unspecified atom stereocenters. The second kappa shape index (κ2) is 6.18. The van der Waals surface area contributed by atoms with E-state index >= 15 is 0 Å². The number of methoxy groups -OCH3 is 1. The van der Waals surface area contributed by atoms with Gasteiger partial charge in [-0.3, -0.25) is 0 Å². The Labute approximate surface area is 148 Å². The van der Waals surface area contributed by atoms with E-state index in [2.05, 4.69) is 21.0 Å². The van der Waals surface area contributed by atoms with Crippen LogP contribution in [0.3, 0.4) is 0 Å². The van der Waals surface area contributed by atoms with E-state index in [-0.39, 0.29) is 5.69 Å². The summed E-state index contributed by atoms with van der Waals surface area (Å²) < 4.78 is 6.82. The summed E-state index contributed by atoms with van der Waals surface area (Å²) in [6.45, 7) is 0. The molecule has 4 rings (SSSR count). The molecule has 7 heteroatoms. The second-order valence-corrected chi connectivity index (χ2v) is 5.56. The van der Waals surface area contributed by atoms with Crippen LogP contribution in [0.1, 0.15) is 5.56 Å². The molecule has 0 saturated heterocycles. The molecule has 2 aromatic carbocycles. The smallest absolute Gasteiger partial charge is 0.332 e. The number of fused-ring (bicyclic) bond motifs is 1. The number of benzene rings is 2. The summed E-state index contributed by atoms with van der Waals surface area (Å²) in [6.07, 6.45) is 1.56. The van der Waals surface area contributed by atoms with Gasteiger partial charge in [0.05, 0.1) is 30.6 Å². The molecule has 0 atom stereocenters. The summed E-state index contributed by atoms with van der Waals surface area (Å²) in [5, 5.41) is 9.08. The number of nitriles is 1. The van der Waals surface area contributed by atoms with Crippen LogP contribution in [-0.4, -0.2) is 26.6 Å². The van der Waals surface area contributed by atoms with Crippen LogP contribution < -0.4 is 10.4 Å². The molecule has 2 aromatic heterocycles. The van der Waals surface area contributed by atoms with Crippen molar-refractivity contribution in [1.29, 1.82) is 5.26 Å². The average Bonchev–Trinajstić information content (AvgIpc) is 3.02. The van der Waals surface area contributed by atoms with Gasteiger partial charge in [-0.05, 0) is 24.3 Å². The summed E-state index contributed by atoms with van der Waals surface area (Å²) in [7, 11) is 1.55. The van der Waals surface area contributed by atoms with Crippen molar-refractivity contribution < 1.29 is 4.74 Å². The van der Waals surface area contributed by atoms with E-state index < -0.39 is 0 Å². The van der Waals surface area contributed by atoms with Crippen LogP contribution in [-0.2, 0) is 0 Å². The van der Waals surface area contributed by atoms with Crippen molar-refractivity contribution in [1.82, 2.24) is 19.5 Å². The van der Waals surface area contributed by atoms with Crippen LogP contribution in [0.5, 0.6) is 5.75 Å². The third kappa shape index (κ3) is 2.50. The molecular formula is C19H13N5O2. The third-order valence-corrected chi connectivity index (χ3v) is 4.00. The van der Waals surface area contributed by atoms with Crippen molar-refractivity contribution >= 4 is 11.2 Å². The Morgan fingerprint density at radius 2 is 2.04 bits per heavy atom. The number of nitrogens with one attached hydrogen (secondary N) is 1. The van der Waals surface area contributed by atoms with Gasteiger partial charge in [-0.2, -0.15) is 5.26 Å². The molecule has 1 N–H and O–H groups in total. The van der Waals surface area contributed by atoms with E-state index in [4.69, 9.17) is 10.00 Å². The molecule has 0 saturated carbocycles. The lowest BCUT2D eigenvalue weighted by Crippen LogP contribution is -2.15. The minimum Gasteiger partial charge on any atom is -0.495 e. The zero-order chi connectivity index (χ0) is 18.1. The van der Waals surface area contributed by atoms with Crippen molar-refractivity contribution in [3.05, 3.63) is 70.8 Å². The molecule has 4 aromatic rings. The van der Waals surface area contributed by atoms with Crippen LogP contribution in [0.2, 0.25) is 0 Å². The summed E-state index contributed by atoms with van der Waals surface area (Å²) in [4.78, 5) is 24.1. The molecule has 26 heavy (non-hydrogen) atoms. The lowest BCUT2D eigenvalue weighted by Gasteiger charge is -2.09. The Bertz CT molecular complexity index is 1220. The minimum atomic E-state index is -0.332. The third-order valence-electron chi connectivity index (χ3n) is 4.00. The Kier molecular flexibility index (Phi) is 3.71. The van der Waals surface area contributed by atoms with Gasteiger partial charge in [-0.15, -0.1) is 0 Å². The van der Waals surface area contributed by atoms with Gasteiger partial charge in [0, 0.05) is 5.56 Å². The zero-order valence-electron chi connectivity index (χ0n) is 13.8. The van der Waals surface area contributed by atoms with E-state index in [1.807, 2.05) is 18.2 Å². The van der Waals surface area contributed by atoms with Crippen molar-refractivity contribution in [2.45, 2.75) is 0 Å². The first-order valence-corrected chi connectivity index (χ1v) is 7.83. The number of imidazole rings is 1. The predicted octanol–water partition coefficient (Wildman–Crippen LogP) is 2.66. The van der Waals surface area contributed by atoms with Gasteiger partial charge in [-0.25, -0.2) is 19.3 Å². The molecule has 2 heterocycles. The van der Waals surface area contributed by atoms with E-state index in [1.54, 1.807) is 43.6 Å². The van der Waals surface area contributed by atoms with E-state index in [9.17, 15) is 4.79 Å². The Hall–Kier alpha value is -3.92. The molecule has 0 aliphatic rings. The maximum atomic E-state index is 12.5. The molecule has 0 fully saturated rings. The molecule has 0 radical (unpaired) electrons. The van der Waals surface area contributed by atoms with E-state index in [0.29, 0.717) is 39.6 Å². The topological polar surface area (TPSA) is 96.6 Å². The lowest BCUT2D eigenvalue weighted by atomic mass is 10.1. The highest BCUT2D eigenvalue weighted by Gasteiger charge is 2.15. The lowest BCUT2D eigenvalue weighted by molar-refractivity contribution is 0.413. The number of ether oxygens (including phenoxy) is 1. The quantitative estimate of drug-likeness (QED) is 0.617. The molecule has 126 valence electrons. The molecule has 0 aliphatic heterocycles. The van der Waals surface area contributed by atoms with Crippen LogP contribution >= 0.6 is 0 Å². The number of nitrogens with zero attached hydrogens (tertiary/aromatic N) is 4. The molecule has 0 bridgehead atoms. The average molecular weight is 343 g/mol. The molecule has 7 nitrogen and oxygen atoms in total. The number of hydrogen-bond donors (Lipinski definition) is 1. The maximum Gasteiger partial charge on any atom is 0.332 e. The van der Waals surface area contributed by atoms with Gasteiger partial charge in [0.25, 0.3) is 0 Å². The monoisotopic (exact) mass is 343 g/mol. The number of hydrogen-bond acceptors (Lipinski definition) is 5.